The lowest BCUT2D eigenvalue weighted by molar-refractivity contribution is -0.119. The second-order valence-corrected chi connectivity index (χ2v) is 5.98. The number of amides is 1. The Morgan fingerprint density at radius 3 is 2.70 bits per heavy atom. The molecule has 5 N–H and O–H groups in total. The molecule has 0 aliphatic heterocycles. The smallest absolute Gasteiger partial charge is 0.243 e. The average molecular weight is 294 g/mol. The second-order valence-electron chi connectivity index (χ2n) is 4.30. The molecule has 1 heterocycles. The van der Waals surface area contributed by atoms with Gasteiger partial charge in [-0.15, -0.1) is 0 Å². The van der Waals surface area contributed by atoms with Crippen molar-refractivity contribution in [2.24, 2.45) is 5.73 Å². The monoisotopic (exact) mass is 294 g/mol. The van der Waals surface area contributed by atoms with Gasteiger partial charge < -0.3 is 11.5 Å². The van der Waals surface area contributed by atoms with Gasteiger partial charge in [0, 0.05) is 17.3 Å². The SMILES string of the molecule is CC(NS(=O)(=O)c1ccc(N)c2cccnc12)C(N)=O. The molecule has 1 amide bonds. The van der Waals surface area contributed by atoms with Crippen LogP contribution in [0.3, 0.4) is 0 Å². The number of rotatable bonds is 4. The van der Waals surface area contributed by atoms with E-state index < -0.39 is 22.0 Å². The lowest BCUT2D eigenvalue weighted by atomic mass is 10.2. The summed E-state index contributed by atoms with van der Waals surface area (Å²) in [4.78, 5) is 15.0. The van der Waals surface area contributed by atoms with Crippen molar-refractivity contribution in [3.63, 3.8) is 0 Å². The van der Waals surface area contributed by atoms with Gasteiger partial charge in [-0.05, 0) is 31.2 Å². The average Bonchev–Trinajstić information content (AvgIpc) is 2.38. The third kappa shape index (κ3) is 2.56. The first-order valence-electron chi connectivity index (χ1n) is 5.78. The summed E-state index contributed by atoms with van der Waals surface area (Å²) in [5.74, 6) is -0.763. The van der Waals surface area contributed by atoms with Crippen LogP contribution in [0.4, 0.5) is 5.69 Å². The standard InChI is InChI=1S/C12H14N4O3S/c1-7(12(14)17)16-20(18,19)10-5-4-9(13)8-3-2-6-15-11(8)10/h2-7,16H,13H2,1H3,(H2,14,17). The molecule has 1 atom stereocenters. The van der Waals surface area contributed by atoms with E-state index in [2.05, 4.69) is 9.71 Å². The van der Waals surface area contributed by atoms with Crippen LogP contribution >= 0.6 is 0 Å². The van der Waals surface area contributed by atoms with Crippen LogP contribution in [0, 0.1) is 0 Å². The van der Waals surface area contributed by atoms with Gasteiger partial charge in [-0.3, -0.25) is 9.78 Å². The van der Waals surface area contributed by atoms with Crippen molar-refractivity contribution in [3.8, 4) is 0 Å². The third-order valence-corrected chi connectivity index (χ3v) is 4.39. The van der Waals surface area contributed by atoms with Gasteiger partial charge in [0.15, 0.2) is 0 Å². The molecule has 7 nitrogen and oxygen atoms in total. The van der Waals surface area contributed by atoms with Crippen molar-refractivity contribution in [3.05, 3.63) is 30.5 Å². The summed E-state index contributed by atoms with van der Waals surface area (Å²) >= 11 is 0. The Balaban J connectivity index is 2.58. The van der Waals surface area contributed by atoms with E-state index in [0.717, 1.165) is 0 Å². The summed E-state index contributed by atoms with van der Waals surface area (Å²) in [7, 11) is -3.92. The van der Waals surface area contributed by atoms with Crippen molar-refractivity contribution in [2.75, 3.05) is 5.73 Å². The van der Waals surface area contributed by atoms with Gasteiger partial charge in [0.25, 0.3) is 0 Å². The van der Waals surface area contributed by atoms with Crippen LogP contribution in [0.5, 0.6) is 0 Å². The van der Waals surface area contributed by atoms with Gasteiger partial charge in [0.2, 0.25) is 15.9 Å². The molecule has 0 aliphatic carbocycles. The number of carbonyl (C=O) groups is 1. The lowest BCUT2D eigenvalue weighted by Crippen LogP contribution is -2.42. The number of primary amides is 1. The van der Waals surface area contributed by atoms with Crippen LogP contribution in [0.1, 0.15) is 6.92 Å². The Bertz CT molecular complexity index is 773. The highest BCUT2D eigenvalue weighted by molar-refractivity contribution is 7.89. The van der Waals surface area contributed by atoms with E-state index in [1.54, 1.807) is 12.1 Å². The molecule has 2 aromatic rings. The Kier molecular flexibility index (Phi) is 3.60. The molecular weight excluding hydrogens is 280 g/mol. The fourth-order valence-electron chi connectivity index (χ4n) is 1.74. The van der Waals surface area contributed by atoms with E-state index in [4.69, 9.17) is 11.5 Å². The zero-order valence-corrected chi connectivity index (χ0v) is 11.5. The van der Waals surface area contributed by atoms with Crippen LogP contribution in [0.25, 0.3) is 10.9 Å². The highest BCUT2D eigenvalue weighted by Gasteiger charge is 2.23. The summed E-state index contributed by atoms with van der Waals surface area (Å²) < 4.78 is 26.7. The zero-order valence-electron chi connectivity index (χ0n) is 10.7. The van der Waals surface area contributed by atoms with E-state index >= 15 is 0 Å². The lowest BCUT2D eigenvalue weighted by Gasteiger charge is -2.13. The van der Waals surface area contributed by atoms with Crippen molar-refractivity contribution in [2.45, 2.75) is 17.9 Å². The molecule has 0 aliphatic rings. The highest BCUT2D eigenvalue weighted by atomic mass is 32.2. The number of anilines is 1. The molecule has 0 radical (unpaired) electrons. The fourth-order valence-corrected chi connectivity index (χ4v) is 3.11. The highest BCUT2D eigenvalue weighted by Crippen LogP contribution is 2.25. The molecule has 0 saturated heterocycles. The number of fused-ring (bicyclic) bond motifs is 1. The van der Waals surface area contributed by atoms with Gasteiger partial charge in [-0.1, -0.05) is 0 Å². The zero-order chi connectivity index (χ0) is 14.9. The van der Waals surface area contributed by atoms with Crippen molar-refractivity contribution in [1.82, 2.24) is 9.71 Å². The number of pyridine rings is 1. The quantitative estimate of drug-likeness (QED) is 0.682. The number of nitrogen functional groups attached to an aromatic ring is 1. The van der Waals surface area contributed by atoms with Gasteiger partial charge in [-0.25, -0.2) is 8.42 Å². The molecule has 1 aromatic carbocycles. The van der Waals surface area contributed by atoms with Crippen LogP contribution in [-0.4, -0.2) is 25.4 Å². The first-order valence-corrected chi connectivity index (χ1v) is 7.26. The molecule has 2 rings (SSSR count). The normalized spacial score (nSPS) is 13.2. The molecule has 20 heavy (non-hydrogen) atoms. The molecule has 8 heteroatoms. The van der Waals surface area contributed by atoms with Crippen LogP contribution in [0.15, 0.2) is 35.4 Å². The predicted molar refractivity (Wildman–Crippen MR) is 75.1 cm³/mol. The maximum atomic E-state index is 12.3. The van der Waals surface area contributed by atoms with Gasteiger partial charge in [0.05, 0.1) is 11.6 Å². The number of sulfonamides is 1. The number of hydrogen-bond acceptors (Lipinski definition) is 5. The number of nitrogens with zero attached hydrogens (tertiary/aromatic N) is 1. The molecule has 106 valence electrons. The summed E-state index contributed by atoms with van der Waals surface area (Å²) in [6.07, 6.45) is 1.47. The van der Waals surface area contributed by atoms with Crippen LogP contribution in [-0.2, 0) is 14.8 Å². The maximum Gasteiger partial charge on any atom is 0.243 e. The predicted octanol–water partition coefficient (Wildman–Crippen LogP) is -0.0309. The maximum absolute atomic E-state index is 12.3. The van der Waals surface area contributed by atoms with Crippen LogP contribution in [0.2, 0.25) is 0 Å². The molecule has 0 bridgehead atoms. The summed E-state index contributed by atoms with van der Waals surface area (Å²) in [5, 5.41) is 0.530. The Morgan fingerprint density at radius 2 is 2.05 bits per heavy atom. The number of benzene rings is 1. The number of nitrogens with two attached hydrogens (primary N) is 2. The Hall–Kier alpha value is -2.19. The molecule has 0 fully saturated rings. The van der Waals surface area contributed by atoms with Crippen molar-refractivity contribution in [1.29, 1.82) is 0 Å². The Labute approximate surface area is 116 Å². The minimum Gasteiger partial charge on any atom is -0.398 e. The number of aromatic nitrogens is 1. The van der Waals surface area contributed by atoms with Crippen LogP contribution < -0.4 is 16.2 Å². The van der Waals surface area contributed by atoms with E-state index in [9.17, 15) is 13.2 Å². The largest absolute Gasteiger partial charge is 0.398 e. The number of nitrogens with one attached hydrogen (secondary N) is 1. The number of carbonyl (C=O) groups excluding carboxylic acids is 1. The molecule has 0 spiro atoms. The topological polar surface area (TPSA) is 128 Å². The fraction of sp³-hybridized carbons (Fsp3) is 0.167. The first-order chi connectivity index (χ1) is 9.33. The molecule has 0 saturated carbocycles. The minimum atomic E-state index is -3.92. The summed E-state index contributed by atoms with van der Waals surface area (Å²) in [6, 6.07) is 5.15. The van der Waals surface area contributed by atoms with Gasteiger partial charge >= 0.3 is 0 Å². The number of hydrogen-bond donors (Lipinski definition) is 3. The third-order valence-electron chi connectivity index (χ3n) is 2.81. The molecular formula is C12H14N4O3S. The van der Waals surface area contributed by atoms with E-state index in [-0.39, 0.29) is 10.4 Å². The van der Waals surface area contributed by atoms with E-state index in [0.29, 0.717) is 11.1 Å². The summed E-state index contributed by atoms with van der Waals surface area (Å²) in [5.41, 5.74) is 11.5. The second kappa shape index (κ2) is 5.06. The van der Waals surface area contributed by atoms with Gasteiger partial charge in [0.1, 0.15) is 4.90 Å². The van der Waals surface area contributed by atoms with Gasteiger partial charge in [-0.2, -0.15) is 4.72 Å². The van der Waals surface area contributed by atoms with Crippen molar-refractivity contribution >= 4 is 32.5 Å². The first kappa shape index (κ1) is 14.2. The molecule has 1 unspecified atom stereocenters. The minimum absolute atomic E-state index is 0.0459. The Morgan fingerprint density at radius 1 is 1.35 bits per heavy atom. The molecule has 1 aromatic heterocycles. The van der Waals surface area contributed by atoms with Crippen molar-refractivity contribution < 1.29 is 13.2 Å². The summed E-state index contributed by atoms with van der Waals surface area (Å²) in [6.45, 7) is 1.37. The van der Waals surface area contributed by atoms with E-state index in [1.807, 2.05) is 0 Å². The van der Waals surface area contributed by atoms with E-state index in [1.165, 1.54) is 25.3 Å².